The molecule has 132 valence electrons. The Balaban J connectivity index is 2.01. The van der Waals surface area contributed by atoms with E-state index in [1.165, 1.54) is 4.90 Å². The van der Waals surface area contributed by atoms with Gasteiger partial charge in [0.15, 0.2) is 17.4 Å². The number of hydrogen-bond acceptors (Lipinski definition) is 3. The number of benzene rings is 1. The predicted molar refractivity (Wildman–Crippen MR) is 82.6 cm³/mol. The number of nitrogens with two attached hydrogens (primary N) is 1. The Hall–Kier alpha value is -1.89. The molecule has 0 spiro atoms. The van der Waals surface area contributed by atoms with E-state index in [1.54, 1.807) is 0 Å². The Bertz CT molecular complexity index is 637. The van der Waals surface area contributed by atoms with E-state index in [0.717, 1.165) is 6.07 Å². The molecule has 1 aromatic rings. The van der Waals surface area contributed by atoms with Gasteiger partial charge in [-0.1, -0.05) is 6.92 Å². The molecule has 1 aromatic carbocycles. The third-order valence-corrected chi connectivity index (χ3v) is 4.29. The van der Waals surface area contributed by atoms with Gasteiger partial charge in [-0.15, -0.1) is 0 Å². The van der Waals surface area contributed by atoms with Crippen LogP contribution in [0.25, 0.3) is 0 Å². The Morgan fingerprint density at radius 2 is 1.96 bits per heavy atom. The number of carbonyl (C=O) groups excluding carboxylic acids is 2. The van der Waals surface area contributed by atoms with Gasteiger partial charge >= 0.3 is 0 Å². The number of nitrogens with zero attached hydrogens (tertiary/aromatic N) is 1. The van der Waals surface area contributed by atoms with Crippen LogP contribution in [0.15, 0.2) is 12.1 Å². The molecule has 0 bridgehead atoms. The van der Waals surface area contributed by atoms with Crippen molar-refractivity contribution < 1.29 is 22.8 Å². The molecule has 0 aromatic heterocycles. The summed E-state index contributed by atoms with van der Waals surface area (Å²) in [5.41, 5.74) is 5.80. The van der Waals surface area contributed by atoms with E-state index in [4.69, 9.17) is 5.73 Å². The van der Waals surface area contributed by atoms with Crippen LogP contribution in [0, 0.1) is 17.5 Å². The lowest BCUT2D eigenvalue weighted by Crippen LogP contribution is -2.50. The van der Waals surface area contributed by atoms with Gasteiger partial charge in [0.1, 0.15) is 5.82 Å². The molecule has 1 saturated heterocycles. The van der Waals surface area contributed by atoms with Crippen LogP contribution in [-0.4, -0.2) is 35.2 Å². The summed E-state index contributed by atoms with van der Waals surface area (Å²) in [4.78, 5) is 25.8. The first-order chi connectivity index (χ1) is 11.3. The van der Waals surface area contributed by atoms with Crippen LogP contribution in [-0.2, 0) is 16.0 Å². The SMILES string of the molecule is CCC1C(=O)CCCN1C(=O)C[C@H](N)Cc1cc(F)c(F)cc1F. The maximum atomic E-state index is 13.6. The highest BCUT2D eigenvalue weighted by molar-refractivity contribution is 5.90. The topological polar surface area (TPSA) is 63.4 Å². The van der Waals surface area contributed by atoms with Gasteiger partial charge in [-0.05, 0) is 30.9 Å². The number of likely N-dealkylation sites (tertiary alicyclic amines) is 1. The number of rotatable bonds is 5. The molecular weight excluding hydrogens is 321 g/mol. The van der Waals surface area contributed by atoms with Crippen LogP contribution >= 0.6 is 0 Å². The van der Waals surface area contributed by atoms with Gasteiger partial charge < -0.3 is 10.6 Å². The van der Waals surface area contributed by atoms with Crippen LogP contribution < -0.4 is 5.73 Å². The zero-order chi connectivity index (χ0) is 17.9. The molecule has 0 aliphatic carbocycles. The lowest BCUT2D eigenvalue weighted by atomic mass is 9.96. The van der Waals surface area contributed by atoms with E-state index in [2.05, 4.69) is 0 Å². The number of hydrogen-bond donors (Lipinski definition) is 1. The molecule has 0 saturated carbocycles. The molecule has 2 rings (SSSR count). The molecule has 1 unspecified atom stereocenters. The largest absolute Gasteiger partial charge is 0.333 e. The van der Waals surface area contributed by atoms with E-state index in [0.29, 0.717) is 31.9 Å². The fourth-order valence-electron chi connectivity index (χ4n) is 3.08. The number of ketones is 1. The molecule has 1 aliphatic rings. The summed E-state index contributed by atoms with van der Waals surface area (Å²) in [6.07, 6.45) is 1.45. The van der Waals surface area contributed by atoms with Crippen molar-refractivity contribution in [3.63, 3.8) is 0 Å². The average Bonchev–Trinajstić information content (AvgIpc) is 2.52. The van der Waals surface area contributed by atoms with Gasteiger partial charge in [-0.25, -0.2) is 13.2 Å². The van der Waals surface area contributed by atoms with E-state index in [-0.39, 0.29) is 30.1 Å². The average molecular weight is 342 g/mol. The quantitative estimate of drug-likeness (QED) is 0.836. The van der Waals surface area contributed by atoms with Crippen LogP contribution in [0.5, 0.6) is 0 Å². The summed E-state index contributed by atoms with van der Waals surface area (Å²) >= 11 is 0. The molecular formula is C17H21F3N2O2. The molecule has 2 atom stereocenters. The molecule has 1 fully saturated rings. The monoisotopic (exact) mass is 342 g/mol. The number of amides is 1. The first kappa shape index (κ1) is 18.4. The molecule has 1 amide bonds. The van der Waals surface area contributed by atoms with Crippen LogP contribution in [0.4, 0.5) is 13.2 Å². The van der Waals surface area contributed by atoms with Crippen molar-refractivity contribution in [3.05, 3.63) is 35.1 Å². The number of carbonyl (C=O) groups is 2. The maximum absolute atomic E-state index is 13.6. The number of halogens is 3. The predicted octanol–water partition coefficient (Wildman–Crippen LogP) is 2.33. The highest BCUT2D eigenvalue weighted by atomic mass is 19.2. The summed E-state index contributed by atoms with van der Waals surface area (Å²) in [7, 11) is 0. The first-order valence-corrected chi connectivity index (χ1v) is 8.04. The van der Waals surface area contributed by atoms with Crippen molar-refractivity contribution in [2.24, 2.45) is 5.73 Å². The van der Waals surface area contributed by atoms with Crippen LogP contribution in [0.3, 0.4) is 0 Å². The number of Topliss-reactive ketones (excluding diaryl/α,β-unsaturated/α-hetero) is 1. The Morgan fingerprint density at radius 3 is 2.62 bits per heavy atom. The molecule has 2 N–H and O–H groups in total. The minimum absolute atomic E-state index is 0.0392. The summed E-state index contributed by atoms with van der Waals surface area (Å²) in [5, 5.41) is 0. The van der Waals surface area contributed by atoms with Crippen LogP contribution in [0.2, 0.25) is 0 Å². The van der Waals surface area contributed by atoms with Gasteiger partial charge in [0.2, 0.25) is 5.91 Å². The molecule has 24 heavy (non-hydrogen) atoms. The summed E-state index contributed by atoms with van der Waals surface area (Å²) in [6, 6.07) is 0.0500. The van der Waals surface area contributed by atoms with Gasteiger partial charge in [0.25, 0.3) is 0 Å². The highest BCUT2D eigenvalue weighted by Gasteiger charge is 2.32. The smallest absolute Gasteiger partial charge is 0.224 e. The van der Waals surface area contributed by atoms with Crippen molar-refractivity contribution in [1.82, 2.24) is 4.90 Å². The second kappa shape index (κ2) is 7.79. The molecule has 1 aliphatic heterocycles. The van der Waals surface area contributed by atoms with E-state index < -0.39 is 29.5 Å². The Morgan fingerprint density at radius 1 is 1.29 bits per heavy atom. The van der Waals surface area contributed by atoms with E-state index in [9.17, 15) is 22.8 Å². The third-order valence-electron chi connectivity index (χ3n) is 4.29. The van der Waals surface area contributed by atoms with E-state index in [1.807, 2.05) is 6.92 Å². The molecule has 0 radical (unpaired) electrons. The minimum Gasteiger partial charge on any atom is -0.333 e. The Labute approximate surface area is 138 Å². The highest BCUT2D eigenvalue weighted by Crippen LogP contribution is 2.19. The van der Waals surface area contributed by atoms with Crippen molar-refractivity contribution in [2.75, 3.05) is 6.54 Å². The van der Waals surface area contributed by atoms with Gasteiger partial charge in [-0.2, -0.15) is 0 Å². The molecule has 1 heterocycles. The van der Waals surface area contributed by atoms with E-state index >= 15 is 0 Å². The van der Waals surface area contributed by atoms with Gasteiger partial charge in [0.05, 0.1) is 6.04 Å². The standard InChI is InChI=1S/C17H21F3N2O2/c1-2-15-16(23)4-3-5-22(15)17(24)8-11(21)6-10-7-13(19)14(20)9-12(10)18/h7,9,11,15H,2-6,8,21H2,1H3/t11-,15?/m1/s1. The number of piperidine rings is 1. The summed E-state index contributed by atoms with van der Waals surface area (Å²) < 4.78 is 39.8. The zero-order valence-electron chi connectivity index (χ0n) is 13.5. The fourth-order valence-corrected chi connectivity index (χ4v) is 3.08. The van der Waals surface area contributed by atoms with Crippen molar-refractivity contribution in [2.45, 2.75) is 51.1 Å². The summed E-state index contributed by atoms with van der Waals surface area (Å²) in [6.45, 7) is 2.33. The summed E-state index contributed by atoms with van der Waals surface area (Å²) in [5.74, 6) is -3.55. The lowest BCUT2D eigenvalue weighted by Gasteiger charge is -2.34. The first-order valence-electron chi connectivity index (χ1n) is 8.04. The maximum Gasteiger partial charge on any atom is 0.224 e. The lowest BCUT2D eigenvalue weighted by molar-refractivity contribution is -0.142. The fraction of sp³-hybridized carbons (Fsp3) is 0.529. The van der Waals surface area contributed by atoms with Gasteiger partial charge in [0, 0.05) is 31.5 Å². The van der Waals surface area contributed by atoms with Crippen molar-refractivity contribution in [1.29, 1.82) is 0 Å². The second-order valence-corrected chi connectivity index (χ2v) is 6.11. The molecule has 7 heteroatoms. The Kier molecular flexibility index (Phi) is 5.99. The van der Waals surface area contributed by atoms with Crippen molar-refractivity contribution in [3.8, 4) is 0 Å². The van der Waals surface area contributed by atoms with Crippen molar-refractivity contribution >= 4 is 11.7 Å². The minimum atomic E-state index is -1.27. The normalized spacial score (nSPS) is 19.5. The second-order valence-electron chi connectivity index (χ2n) is 6.11. The van der Waals surface area contributed by atoms with Gasteiger partial charge in [-0.3, -0.25) is 9.59 Å². The zero-order valence-corrected chi connectivity index (χ0v) is 13.5. The van der Waals surface area contributed by atoms with Crippen LogP contribution in [0.1, 0.15) is 38.2 Å². The third kappa shape index (κ3) is 4.14. The molecule has 4 nitrogen and oxygen atoms in total.